The lowest BCUT2D eigenvalue weighted by Crippen LogP contribution is -2.38. The molecular weight excluding hydrogens is 368 g/mol. The van der Waals surface area contributed by atoms with Gasteiger partial charge in [0.1, 0.15) is 0 Å². The van der Waals surface area contributed by atoms with Crippen molar-refractivity contribution in [3.63, 3.8) is 0 Å². The van der Waals surface area contributed by atoms with Crippen molar-refractivity contribution in [3.8, 4) is 11.5 Å². The van der Waals surface area contributed by atoms with Crippen LogP contribution in [0, 0.1) is 0 Å². The molecule has 0 radical (unpaired) electrons. The first-order valence-corrected chi connectivity index (χ1v) is 8.84. The third-order valence-corrected chi connectivity index (χ3v) is 4.35. The minimum atomic E-state index is -2.94. The van der Waals surface area contributed by atoms with Gasteiger partial charge in [-0.25, -0.2) is 5.43 Å². The Bertz CT molecular complexity index is 858. The van der Waals surface area contributed by atoms with Crippen molar-refractivity contribution in [2.24, 2.45) is 5.10 Å². The zero-order valence-corrected chi connectivity index (χ0v) is 15.4. The van der Waals surface area contributed by atoms with Crippen molar-refractivity contribution in [1.29, 1.82) is 0 Å². The van der Waals surface area contributed by atoms with E-state index in [1.807, 2.05) is 23.1 Å². The van der Waals surface area contributed by atoms with Crippen LogP contribution in [-0.2, 0) is 11.2 Å². The van der Waals surface area contributed by atoms with E-state index >= 15 is 0 Å². The largest absolute Gasteiger partial charge is 0.493 e. The number of hydrogen-bond donors (Lipinski definition) is 1. The van der Waals surface area contributed by atoms with Crippen LogP contribution in [0.3, 0.4) is 0 Å². The number of methoxy groups -OCH3 is 1. The molecule has 0 saturated heterocycles. The molecule has 1 aliphatic rings. The minimum absolute atomic E-state index is 0.0672. The quantitative estimate of drug-likeness (QED) is 0.584. The first kappa shape index (κ1) is 19.6. The number of carbonyl (C=O) groups is 1. The second kappa shape index (κ2) is 9.16. The molecule has 2 aromatic carbocycles. The Morgan fingerprint density at radius 3 is 2.89 bits per heavy atom. The highest BCUT2D eigenvalue weighted by Gasteiger charge is 2.18. The molecule has 0 atom stereocenters. The fraction of sp³-hybridized carbons (Fsp3) is 0.300. The number of benzene rings is 2. The van der Waals surface area contributed by atoms with Crippen molar-refractivity contribution in [1.82, 2.24) is 5.43 Å². The average molecular weight is 389 g/mol. The van der Waals surface area contributed by atoms with Gasteiger partial charge in [0.15, 0.2) is 11.5 Å². The summed E-state index contributed by atoms with van der Waals surface area (Å²) in [5.74, 6) is -0.152. The Hall–Kier alpha value is -3.16. The number of fused-ring (bicyclic) bond motifs is 1. The van der Waals surface area contributed by atoms with Gasteiger partial charge >= 0.3 is 6.61 Å². The topological polar surface area (TPSA) is 63.2 Å². The van der Waals surface area contributed by atoms with Crippen molar-refractivity contribution < 1.29 is 23.0 Å². The van der Waals surface area contributed by atoms with E-state index in [2.05, 4.69) is 21.3 Å². The number of rotatable bonds is 7. The molecule has 148 valence electrons. The lowest BCUT2D eigenvalue weighted by Gasteiger charge is -2.30. The standard InChI is InChI=1S/C20H21F2N3O3/c1-27-18-11-14(8-9-17(18)28-20(21)22)12-23-24-19(26)13-25-10-4-6-15-5-2-3-7-16(15)25/h2-3,5,7-9,11-12,20H,4,6,10,13H2,1H3,(H,24,26)/b23-12-. The van der Waals surface area contributed by atoms with Gasteiger partial charge in [-0.05, 0) is 48.2 Å². The Labute approximate surface area is 161 Å². The van der Waals surface area contributed by atoms with Gasteiger partial charge in [0, 0.05) is 12.2 Å². The van der Waals surface area contributed by atoms with E-state index in [0.29, 0.717) is 5.56 Å². The number of anilines is 1. The van der Waals surface area contributed by atoms with Gasteiger partial charge in [0.2, 0.25) is 0 Å². The van der Waals surface area contributed by atoms with Crippen LogP contribution >= 0.6 is 0 Å². The highest BCUT2D eigenvalue weighted by atomic mass is 19.3. The molecule has 0 spiro atoms. The van der Waals surface area contributed by atoms with E-state index in [1.165, 1.54) is 37.1 Å². The van der Waals surface area contributed by atoms with E-state index in [1.54, 1.807) is 0 Å². The Kier molecular flexibility index (Phi) is 6.41. The molecule has 1 amide bonds. The summed E-state index contributed by atoms with van der Waals surface area (Å²) in [7, 11) is 1.35. The summed E-state index contributed by atoms with van der Waals surface area (Å²) in [4.78, 5) is 14.2. The number of ether oxygens (including phenoxy) is 2. The van der Waals surface area contributed by atoms with Gasteiger partial charge < -0.3 is 14.4 Å². The van der Waals surface area contributed by atoms with Crippen LogP contribution in [0.2, 0.25) is 0 Å². The maximum absolute atomic E-state index is 12.4. The normalized spacial score (nSPS) is 13.5. The van der Waals surface area contributed by atoms with E-state index < -0.39 is 6.61 Å². The second-order valence-corrected chi connectivity index (χ2v) is 6.24. The zero-order valence-electron chi connectivity index (χ0n) is 15.4. The summed E-state index contributed by atoms with van der Waals surface area (Å²) in [6, 6.07) is 12.4. The second-order valence-electron chi connectivity index (χ2n) is 6.24. The SMILES string of the molecule is COc1cc(/C=N\NC(=O)CN2CCCc3ccccc32)ccc1OC(F)F. The van der Waals surface area contributed by atoms with Crippen LogP contribution in [-0.4, -0.2) is 38.9 Å². The van der Waals surface area contributed by atoms with Crippen LogP contribution in [0.1, 0.15) is 17.5 Å². The first-order valence-electron chi connectivity index (χ1n) is 8.84. The average Bonchev–Trinajstić information content (AvgIpc) is 2.69. The highest BCUT2D eigenvalue weighted by Crippen LogP contribution is 2.29. The number of amides is 1. The summed E-state index contributed by atoms with van der Waals surface area (Å²) < 4.78 is 34.1. The minimum Gasteiger partial charge on any atom is -0.493 e. The molecule has 3 rings (SSSR count). The van der Waals surface area contributed by atoms with Crippen LogP contribution in [0.25, 0.3) is 0 Å². The van der Waals surface area contributed by atoms with Gasteiger partial charge in [0.25, 0.3) is 5.91 Å². The number of hydrogen-bond acceptors (Lipinski definition) is 5. The van der Waals surface area contributed by atoms with Gasteiger partial charge in [-0.2, -0.15) is 13.9 Å². The number of alkyl halides is 2. The van der Waals surface area contributed by atoms with Crippen LogP contribution in [0.5, 0.6) is 11.5 Å². The third-order valence-electron chi connectivity index (χ3n) is 4.35. The van der Waals surface area contributed by atoms with E-state index in [9.17, 15) is 13.6 Å². The predicted octanol–water partition coefficient (Wildman–Crippen LogP) is 3.20. The number of carbonyl (C=O) groups excluding carboxylic acids is 1. The van der Waals surface area contributed by atoms with E-state index in [-0.39, 0.29) is 24.0 Å². The predicted molar refractivity (Wildman–Crippen MR) is 102 cm³/mol. The van der Waals surface area contributed by atoms with E-state index in [4.69, 9.17) is 4.74 Å². The lowest BCUT2D eigenvalue weighted by atomic mass is 10.0. The number of halogens is 2. The number of nitrogens with one attached hydrogen (secondary N) is 1. The number of hydrazone groups is 1. The first-order chi connectivity index (χ1) is 13.6. The molecule has 0 fully saturated rings. The molecule has 0 aromatic heterocycles. The maximum atomic E-state index is 12.4. The number of nitrogens with zero attached hydrogens (tertiary/aromatic N) is 2. The van der Waals surface area contributed by atoms with E-state index in [0.717, 1.165) is 25.1 Å². The molecule has 0 aliphatic carbocycles. The Balaban J connectivity index is 1.58. The smallest absolute Gasteiger partial charge is 0.387 e. The molecule has 2 aromatic rings. The summed E-state index contributed by atoms with van der Waals surface area (Å²) in [5, 5.41) is 3.93. The monoisotopic (exact) mass is 389 g/mol. The van der Waals surface area contributed by atoms with Crippen molar-refractivity contribution >= 4 is 17.8 Å². The van der Waals surface area contributed by atoms with Gasteiger partial charge in [0.05, 0.1) is 19.9 Å². The summed E-state index contributed by atoms with van der Waals surface area (Å²) >= 11 is 0. The molecule has 6 nitrogen and oxygen atoms in total. The van der Waals surface area contributed by atoms with Gasteiger partial charge in [-0.15, -0.1) is 0 Å². The molecular formula is C20H21F2N3O3. The van der Waals surface area contributed by atoms with Crippen molar-refractivity contribution in [2.75, 3.05) is 25.1 Å². The van der Waals surface area contributed by atoms with Crippen molar-refractivity contribution in [3.05, 3.63) is 53.6 Å². The fourth-order valence-corrected chi connectivity index (χ4v) is 3.12. The summed E-state index contributed by atoms with van der Waals surface area (Å²) in [6.45, 7) is -1.91. The van der Waals surface area contributed by atoms with Crippen molar-refractivity contribution in [2.45, 2.75) is 19.5 Å². The third kappa shape index (κ3) is 4.97. The number of para-hydroxylation sites is 1. The summed E-state index contributed by atoms with van der Waals surface area (Å²) in [6.07, 6.45) is 3.43. The molecule has 0 bridgehead atoms. The molecule has 1 N–H and O–H groups in total. The molecule has 0 unspecified atom stereocenters. The molecule has 8 heteroatoms. The van der Waals surface area contributed by atoms with Gasteiger partial charge in [-0.3, -0.25) is 4.79 Å². The molecule has 1 heterocycles. The molecule has 28 heavy (non-hydrogen) atoms. The lowest BCUT2D eigenvalue weighted by molar-refractivity contribution is -0.119. The van der Waals surface area contributed by atoms with Crippen LogP contribution in [0.4, 0.5) is 14.5 Å². The number of aryl methyl sites for hydroxylation is 1. The molecule has 0 saturated carbocycles. The zero-order chi connectivity index (χ0) is 19.9. The van der Waals surface area contributed by atoms with Gasteiger partial charge in [-0.1, -0.05) is 18.2 Å². The Morgan fingerprint density at radius 1 is 1.29 bits per heavy atom. The molecule has 1 aliphatic heterocycles. The Morgan fingerprint density at radius 2 is 2.11 bits per heavy atom. The maximum Gasteiger partial charge on any atom is 0.387 e. The highest BCUT2D eigenvalue weighted by molar-refractivity contribution is 5.85. The van der Waals surface area contributed by atoms with Crippen LogP contribution in [0.15, 0.2) is 47.6 Å². The van der Waals surface area contributed by atoms with Crippen LogP contribution < -0.4 is 19.8 Å². The fourth-order valence-electron chi connectivity index (χ4n) is 3.12. The summed E-state index contributed by atoms with van der Waals surface area (Å²) in [5.41, 5.74) is 5.38.